The molecular formula is C13H14ClN5S. The number of rotatable bonds is 4. The van der Waals surface area contributed by atoms with Crippen LogP contribution in [0.4, 0.5) is 5.82 Å². The summed E-state index contributed by atoms with van der Waals surface area (Å²) >= 11 is 7.74. The molecule has 0 fully saturated rings. The molecule has 1 unspecified atom stereocenters. The highest BCUT2D eigenvalue weighted by atomic mass is 35.5. The summed E-state index contributed by atoms with van der Waals surface area (Å²) in [5.74, 6) is 0.717. The van der Waals surface area contributed by atoms with Gasteiger partial charge in [0.25, 0.3) is 0 Å². The van der Waals surface area contributed by atoms with E-state index in [1.54, 1.807) is 6.20 Å². The normalized spacial score (nSPS) is 12.8. The van der Waals surface area contributed by atoms with Crippen LogP contribution in [0.2, 0.25) is 5.28 Å². The molecule has 0 amide bonds. The Morgan fingerprint density at radius 2 is 2.25 bits per heavy atom. The van der Waals surface area contributed by atoms with Gasteiger partial charge < -0.3 is 5.32 Å². The molecule has 0 radical (unpaired) electrons. The molecule has 3 aromatic heterocycles. The Balaban J connectivity index is 1.80. The van der Waals surface area contributed by atoms with E-state index >= 15 is 0 Å². The molecule has 7 heteroatoms. The van der Waals surface area contributed by atoms with E-state index in [2.05, 4.69) is 51.5 Å². The van der Waals surface area contributed by atoms with Crippen LogP contribution in [0.15, 0.2) is 18.3 Å². The number of nitrogens with one attached hydrogen (secondary N) is 2. The first-order chi connectivity index (χ1) is 9.61. The first-order valence-electron chi connectivity index (χ1n) is 6.30. The predicted molar refractivity (Wildman–Crippen MR) is 82.5 cm³/mol. The third-order valence-corrected chi connectivity index (χ3v) is 4.16. The molecule has 0 spiro atoms. The van der Waals surface area contributed by atoms with Crippen LogP contribution in [0.3, 0.4) is 0 Å². The van der Waals surface area contributed by atoms with E-state index in [4.69, 9.17) is 11.6 Å². The molecule has 3 rings (SSSR count). The fourth-order valence-corrected chi connectivity index (χ4v) is 3.29. The second-order valence-electron chi connectivity index (χ2n) is 4.74. The van der Waals surface area contributed by atoms with Crippen molar-refractivity contribution in [3.05, 3.63) is 33.4 Å². The van der Waals surface area contributed by atoms with Crippen molar-refractivity contribution in [2.45, 2.75) is 26.3 Å². The zero-order valence-electron chi connectivity index (χ0n) is 11.1. The summed E-state index contributed by atoms with van der Waals surface area (Å²) in [4.78, 5) is 11.0. The van der Waals surface area contributed by atoms with Gasteiger partial charge in [-0.25, -0.2) is 0 Å². The lowest BCUT2D eigenvalue weighted by Crippen LogP contribution is -2.18. The zero-order chi connectivity index (χ0) is 14.1. The van der Waals surface area contributed by atoms with E-state index in [1.807, 2.05) is 11.3 Å². The second-order valence-corrected chi connectivity index (χ2v) is 6.45. The van der Waals surface area contributed by atoms with E-state index in [0.29, 0.717) is 5.65 Å². The number of aromatic amines is 1. The standard InChI is InChI=1S/C13H14ClN5S/c1-7(5-9-4-3-8(2)20-9)16-11-10-6-15-19-12(10)18-13(14)17-11/h3-4,6-7H,5H2,1-2H3,(H2,15,16,17,18,19). The summed E-state index contributed by atoms with van der Waals surface area (Å²) in [7, 11) is 0. The largest absolute Gasteiger partial charge is 0.366 e. The topological polar surface area (TPSA) is 66.5 Å². The first-order valence-corrected chi connectivity index (χ1v) is 7.50. The minimum Gasteiger partial charge on any atom is -0.366 e. The van der Waals surface area contributed by atoms with Crippen LogP contribution in [0.25, 0.3) is 11.0 Å². The fourth-order valence-electron chi connectivity index (χ4n) is 2.10. The highest BCUT2D eigenvalue weighted by molar-refractivity contribution is 7.11. The molecule has 0 bridgehead atoms. The van der Waals surface area contributed by atoms with Crippen molar-refractivity contribution >= 4 is 39.8 Å². The molecule has 0 aliphatic heterocycles. The number of aryl methyl sites for hydroxylation is 1. The molecule has 20 heavy (non-hydrogen) atoms. The Morgan fingerprint density at radius 1 is 1.40 bits per heavy atom. The van der Waals surface area contributed by atoms with E-state index in [-0.39, 0.29) is 11.3 Å². The summed E-state index contributed by atoms with van der Waals surface area (Å²) in [6.07, 6.45) is 2.65. The average molecular weight is 308 g/mol. The average Bonchev–Trinajstić information content (AvgIpc) is 2.98. The number of halogens is 1. The lowest BCUT2D eigenvalue weighted by Gasteiger charge is -2.14. The van der Waals surface area contributed by atoms with Crippen LogP contribution >= 0.6 is 22.9 Å². The van der Waals surface area contributed by atoms with Gasteiger partial charge in [0.05, 0.1) is 11.6 Å². The van der Waals surface area contributed by atoms with E-state index in [9.17, 15) is 0 Å². The van der Waals surface area contributed by atoms with E-state index in [1.165, 1.54) is 9.75 Å². The molecule has 0 saturated heterocycles. The molecule has 3 heterocycles. The van der Waals surface area contributed by atoms with Crippen LogP contribution < -0.4 is 5.32 Å². The summed E-state index contributed by atoms with van der Waals surface area (Å²) in [6, 6.07) is 4.55. The van der Waals surface area contributed by atoms with Gasteiger partial charge >= 0.3 is 0 Å². The summed E-state index contributed by atoms with van der Waals surface area (Å²) in [5, 5.41) is 11.2. The van der Waals surface area contributed by atoms with Crippen LogP contribution in [0.5, 0.6) is 0 Å². The lowest BCUT2D eigenvalue weighted by atomic mass is 10.2. The molecule has 1 atom stereocenters. The van der Waals surface area contributed by atoms with Gasteiger partial charge in [-0.3, -0.25) is 5.10 Å². The van der Waals surface area contributed by atoms with Crippen LogP contribution in [0, 0.1) is 6.92 Å². The minimum absolute atomic E-state index is 0.211. The van der Waals surface area contributed by atoms with E-state index in [0.717, 1.165) is 17.6 Å². The smallest absolute Gasteiger partial charge is 0.226 e. The number of nitrogens with zero attached hydrogens (tertiary/aromatic N) is 3. The van der Waals surface area contributed by atoms with Crippen LogP contribution in [0.1, 0.15) is 16.7 Å². The SMILES string of the molecule is Cc1ccc(CC(C)Nc2nc(Cl)nc3[nH]ncc23)s1. The molecule has 0 aliphatic rings. The Bertz CT molecular complexity index is 735. The monoisotopic (exact) mass is 307 g/mol. The quantitative estimate of drug-likeness (QED) is 0.725. The van der Waals surface area contributed by atoms with Gasteiger partial charge in [-0.1, -0.05) is 0 Å². The third-order valence-electron chi connectivity index (χ3n) is 2.97. The van der Waals surface area contributed by atoms with Gasteiger partial charge in [0, 0.05) is 22.2 Å². The summed E-state index contributed by atoms with van der Waals surface area (Å²) in [6.45, 7) is 4.24. The molecule has 5 nitrogen and oxygen atoms in total. The molecular weight excluding hydrogens is 294 g/mol. The maximum absolute atomic E-state index is 5.92. The zero-order valence-corrected chi connectivity index (χ0v) is 12.7. The second kappa shape index (κ2) is 5.38. The van der Waals surface area contributed by atoms with Gasteiger partial charge in [-0.05, 0) is 37.6 Å². The van der Waals surface area contributed by atoms with Crippen LogP contribution in [-0.4, -0.2) is 26.2 Å². The molecule has 3 aromatic rings. The van der Waals surface area contributed by atoms with Gasteiger partial charge in [-0.2, -0.15) is 15.1 Å². The van der Waals surface area contributed by atoms with Crippen molar-refractivity contribution in [1.29, 1.82) is 0 Å². The lowest BCUT2D eigenvalue weighted by molar-refractivity contribution is 0.795. The summed E-state index contributed by atoms with van der Waals surface area (Å²) < 4.78 is 0. The fraction of sp³-hybridized carbons (Fsp3) is 0.308. The first kappa shape index (κ1) is 13.3. The number of aromatic nitrogens is 4. The van der Waals surface area contributed by atoms with Gasteiger partial charge in [0.15, 0.2) is 5.65 Å². The molecule has 104 valence electrons. The highest BCUT2D eigenvalue weighted by Gasteiger charge is 2.12. The number of fused-ring (bicyclic) bond motifs is 1. The third kappa shape index (κ3) is 2.76. The highest BCUT2D eigenvalue weighted by Crippen LogP contribution is 2.22. The van der Waals surface area contributed by atoms with Crippen molar-refractivity contribution < 1.29 is 0 Å². The number of hydrogen-bond acceptors (Lipinski definition) is 5. The number of anilines is 1. The van der Waals surface area contributed by atoms with Crippen LogP contribution in [-0.2, 0) is 6.42 Å². The van der Waals surface area contributed by atoms with Crippen molar-refractivity contribution in [2.24, 2.45) is 0 Å². The van der Waals surface area contributed by atoms with Crippen molar-refractivity contribution in [1.82, 2.24) is 20.2 Å². The van der Waals surface area contributed by atoms with Crippen molar-refractivity contribution in [2.75, 3.05) is 5.32 Å². The van der Waals surface area contributed by atoms with Crippen molar-refractivity contribution in [3.8, 4) is 0 Å². The molecule has 2 N–H and O–H groups in total. The predicted octanol–water partition coefficient (Wildman–Crippen LogP) is 3.42. The van der Waals surface area contributed by atoms with E-state index < -0.39 is 0 Å². The number of thiophene rings is 1. The number of hydrogen-bond donors (Lipinski definition) is 2. The Labute approximate surface area is 125 Å². The Hall–Kier alpha value is -1.66. The Morgan fingerprint density at radius 3 is 3.00 bits per heavy atom. The molecule has 0 saturated carbocycles. The maximum atomic E-state index is 5.92. The Kier molecular flexibility index (Phi) is 3.58. The molecule has 0 aliphatic carbocycles. The maximum Gasteiger partial charge on any atom is 0.226 e. The number of H-pyrrole nitrogens is 1. The minimum atomic E-state index is 0.211. The van der Waals surface area contributed by atoms with Gasteiger partial charge in [0.2, 0.25) is 5.28 Å². The van der Waals surface area contributed by atoms with Gasteiger partial charge in [-0.15, -0.1) is 11.3 Å². The van der Waals surface area contributed by atoms with Gasteiger partial charge in [0.1, 0.15) is 5.82 Å². The van der Waals surface area contributed by atoms with Crippen molar-refractivity contribution in [3.63, 3.8) is 0 Å². The summed E-state index contributed by atoms with van der Waals surface area (Å²) in [5.41, 5.74) is 0.645. The molecule has 0 aromatic carbocycles.